The lowest BCUT2D eigenvalue weighted by molar-refractivity contribution is -0.385. The summed E-state index contributed by atoms with van der Waals surface area (Å²) < 4.78 is 0. The molecule has 0 spiro atoms. The van der Waals surface area contributed by atoms with Gasteiger partial charge in [0.05, 0.1) is 21.6 Å². The van der Waals surface area contributed by atoms with Crippen molar-refractivity contribution >= 4 is 35.2 Å². The fraction of sp³-hybridized carbons (Fsp3) is 0.333. The minimum absolute atomic E-state index is 0.182. The number of carboxylic acid groups (broad SMARTS) is 1. The number of hydrogen-bond acceptors (Lipinski definition) is 7. The molecule has 1 aromatic heterocycles. The number of carbonyl (C=O) groups is 3. The number of nitrogens with one attached hydrogen (secondary N) is 1. The molecule has 1 heterocycles. The van der Waals surface area contributed by atoms with Crippen LogP contribution in [0.5, 0.6) is 0 Å². The molecule has 0 bridgehead atoms. The van der Waals surface area contributed by atoms with Crippen LogP contribution in [0.2, 0.25) is 0 Å². The van der Waals surface area contributed by atoms with E-state index >= 15 is 0 Å². The van der Waals surface area contributed by atoms with E-state index in [1.807, 2.05) is 0 Å². The third-order valence-corrected chi connectivity index (χ3v) is 3.67. The number of aromatic nitrogens is 1. The quantitative estimate of drug-likeness (QED) is 0.335. The first-order chi connectivity index (χ1) is 10.7. The van der Waals surface area contributed by atoms with Crippen molar-refractivity contribution in [3.63, 3.8) is 0 Å². The van der Waals surface area contributed by atoms with E-state index in [2.05, 4.69) is 10.3 Å². The summed E-state index contributed by atoms with van der Waals surface area (Å²) in [5, 5.41) is 21.3. The molecule has 0 aromatic carbocycles. The molecule has 0 saturated heterocycles. The number of carboxylic acids is 1. The van der Waals surface area contributed by atoms with Crippen molar-refractivity contribution in [3.8, 4) is 0 Å². The van der Waals surface area contributed by atoms with E-state index in [4.69, 9.17) is 10.8 Å². The number of rotatable bonds is 8. The normalized spacial score (nSPS) is 12.9. The number of pyridine rings is 1. The van der Waals surface area contributed by atoms with Crippen LogP contribution < -0.4 is 11.1 Å². The molecule has 0 radical (unpaired) electrons. The van der Waals surface area contributed by atoms with Crippen LogP contribution in [0.1, 0.15) is 13.3 Å². The maximum absolute atomic E-state index is 11.9. The summed E-state index contributed by atoms with van der Waals surface area (Å²) in [5.74, 6) is -2.85. The first-order valence-electron chi connectivity index (χ1n) is 6.29. The SMILES string of the molecule is CC(Sc1ccc([N+](=O)[O-])cn1)C(=O)NC(CC(N)=O)C(=O)O. The molecule has 2 atom stereocenters. The van der Waals surface area contributed by atoms with Crippen molar-refractivity contribution in [3.05, 3.63) is 28.4 Å². The maximum atomic E-state index is 11.9. The van der Waals surface area contributed by atoms with E-state index in [0.29, 0.717) is 5.03 Å². The van der Waals surface area contributed by atoms with Gasteiger partial charge in [-0.05, 0) is 13.0 Å². The Kier molecular flexibility index (Phi) is 6.45. The molecular formula is C12H14N4O6S. The van der Waals surface area contributed by atoms with E-state index in [1.165, 1.54) is 19.1 Å². The molecule has 2 amide bonds. The second kappa shape index (κ2) is 8.08. The second-order valence-electron chi connectivity index (χ2n) is 4.44. The van der Waals surface area contributed by atoms with Crippen molar-refractivity contribution in [2.24, 2.45) is 5.73 Å². The van der Waals surface area contributed by atoms with Gasteiger partial charge in [0.1, 0.15) is 12.2 Å². The summed E-state index contributed by atoms with van der Waals surface area (Å²) >= 11 is 0.990. The van der Waals surface area contributed by atoms with Crippen LogP contribution in [-0.2, 0) is 14.4 Å². The minimum Gasteiger partial charge on any atom is -0.480 e. The minimum atomic E-state index is -1.41. The predicted molar refractivity (Wildman–Crippen MR) is 79.6 cm³/mol. The van der Waals surface area contributed by atoms with Gasteiger partial charge in [-0.2, -0.15) is 0 Å². The number of carbonyl (C=O) groups excluding carboxylic acids is 2. The lowest BCUT2D eigenvalue weighted by Crippen LogP contribution is -2.46. The average Bonchev–Trinajstić information content (AvgIpc) is 2.46. The van der Waals surface area contributed by atoms with Crippen LogP contribution in [0.15, 0.2) is 23.4 Å². The zero-order chi connectivity index (χ0) is 17.6. The van der Waals surface area contributed by atoms with E-state index < -0.39 is 40.4 Å². The van der Waals surface area contributed by atoms with Crippen LogP contribution in [-0.4, -0.2) is 44.1 Å². The molecule has 0 fully saturated rings. The van der Waals surface area contributed by atoms with Crippen LogP contribution in [0.25, 0.3) is 0 Å². The molecule has 1 rings (SSSR count). The van der Waals surface area contributed by atoms with E-state index in [1.54, 1.807) is 0 Å². The van der Waals surface area contributed by atoms with Gasteiger partial charge < -0.3 is 16.2 Å². The summed E-state index contributed by atoms with van der Waals surface area (Å²) in [6, 6.07) is 1.21. The number of aliphatic carboxylic acids is 1. The lowest BCUT2D eigenvalue weighted by atomic mass is 10.2. The molecule has 0 aliphatic carbocycles. The predicted octanol–water partition coefficient (Wildman–Crippen LogP) is -0.0848. The molecular weight excluding hydrogens is 328 g/mol. The Hall–Kier alpha value is -2.69. The van der Waals surface area contributed by atoms with Gasteiger partial charge in [0.25, 0.3) is 5.69 Å². The molecule has 124 valence electrons. The topological polar surface area (TPSA) is 166 Å². The monoisotopic (exact) mass is 342 g/mol. The van der Waals surface area contributed by atoms with Crippen LogP contribution >= 0.6 is 11.8 Å². The molecule has 11 heteroatoms. The summed E-state index contributed by atoms with van der Waals surface area (Å²) in [6.07, 6.45) is 0.536. The van der Waals surface area contributed by atoms with Gasteiger partial charge in [0, 0.05) is 6.07 Å². The Morgan fingerprint density at radius 3 is 2.57 bits per heavy atom. The molecule has 23 heavy (non-hydrogen) atoms. The van der Waals surface area contributed by atoms with Gasteiger partial charge in [-0.3, -0.25) is 19.7 Å². The standard InChI is InChI=1S/C12H14N4O6S/c1-6(11(18)15-8(12(19)20)4-9(13)17)23-10-3-2-7(5-14-10)16(21)22/h2-3,5-6,8H,4H2,1H3,(H2,13,17)(H,15,18)(H,19,20). The number of primary amides is 1. The fourth-order valence-electron chi connectivity index (χ4n) is 1.48. The van der Waals surface area contributed by atoms with E-state index in [-0.39, 0.29) is 5.69 Å². The maximum Gasteiger partial charge on any atom is 0.326 e. The van der Waals surface area contributed by atoms with Crippen molar-refractivity contribution in [2.75, 3.05) is 0 Å². The van der Waals surface area contributed by atoms with E-state index in [9.17, 15) is 24.5 Å². The lowest BCUT2D eigenvalue weighted by Gasteiger charge is -2.16. The number of nitro groups is 1. The van der Waals surface area contributed by atoms with Crippen molar-refractivity contribution in [1.82, 2.24) is 10.3 Å². The first kappa shape index (κ1) is 18.4. The van der Waals surface area contributed by atoms with Gasteiger partial charge in [-0.25, -0.2) is 9.78 Å². The number of thioether (sulfide) groups is 1. The Labute approximate surface area is 134 Å². The van der Waals surface area contributed by atoms with Crippen molar-refractivity contribution < 1.29 is 24.4 Å². The zero-order valence-corrected chi connectivity index (χ0v) is 12.8. The summed E-state index contributed by atoms with van der Waals surface area (Å²) in [6.45, 7) is 1.51. The average molecular weight is 342 g/mol. The van der Waals surface area contributed by atoms with Gasteiger partial charge in [0.15, 0.2) is 0 Å². The highest BCUT2D eigenvalue weighted by molar-refractivity contribution is 8.00. The number of nitrogens with two attached hydrogens (primary N) is 1. The molecule has 10 nitrogen and oxygen atoms in total. The Morgan fingerprint density at radius 2 is 2.13 bits per heavy atom. The molecule has 0 aliphatic rings. The molecule has 4 N–H and O–H groups in total. The highest BCUT2D eigenvalue weighted by Crippen LogP contribution is 2.23. The second-order valence-corrected chi connectivity index (χ2v) is 5.80. The number of amides is 2. The van der Waals surface area contributed by atoms with E-state index in [0.717, 1.165) is 18.0 Å². The summed E-state index contributed by atoms with van der Waals surface area (Å²) in [7, 11) is 0. The van der Waals surface area contributed by atoms with Crippen molar-refractivity contribution in [2.45, 2.75) is 29.7 Å². The Balaban J connectivity index is 2.67. The summed E-state index contributed by atoms with van der Waals surface area (Å²) in [4.78, 5) is 47.4. The zero-order valence-electron chi connectivity index (χ0n) is 12.0. The smallest absolute Gasteiger partial charge is 0.326 e. The molecule has 0 aliphatic heterocycles. The Bertz CT molecular complexity index is 620. The van der Waals surface area contributed by atoms with Crippen LogP contribution in [0, 0.1) is 10.1 Å². The third-order valence-electron chi connectivity index (χ3n) is 2.62. The number of hydrogen-bond donors (Lipinski definition) is 3. The summed E-state index contributed by atoms with van der Waals surface area (Å²) in [5.41, 5.74) is 4.74. The van der Waals surface area contributed by atoms with Gasteiger partial charge >= 0.3 is 5.97 Å². The van der Waals surface area contributed by atoms with Gasteiger partial charge in [-0.1, -0.05) is 11.8 Å². The third kappa shape index (κ3) is 5.90. The Morgan fingerprint density at radius 1 is 1.48 bits per heavy atom. The fourth-order valence-corrected chi connectivity index (χ4v) is 2.27. The number of nitrogens with zero attached hydrogens (tertiary/aromatic N) is 2. The highest BCUT2D eigenvalue weighted by atomic mass is 32.2. The highest BCUT2D eigenvalue weighted by Gasteiger charge is 2.25. The molecule has 1 aromatic rings. The van der Waals surface area contributed by atoms with Crippen LogP contribution in [0.3, 0.4) is 0 Å². The largest absolute Gasteiger partial charge is 0.480 e. The van der Waals surface area contributed by atoms with Gasteiger partial charge in [-0.15, -0.1) is 0 Å². The molecule has 0 saturated carbocycles. The molecule has 2 unspecified atom stereocenters. The van der Waals surface area contributed by atoms with Gasteiger partial charge in [0.2, 0.25) is 11.8 Å². The van der Waals surface area contributed by atoms with Crippen molar-refractivity contribution in [1.29, 1.82) is 0 Å². The van der Waals surface area contributed by atoms with Crippen LogP contribution in [0.4, 0.5) is 5.69 Å². The first-order valence-corrected chi connectivity index (χ1v) is 7.17.